The number of unbranched alkanes of at least 4 members (excludes halogenated alkanes) is 1. The second kappa shape index (κ2) is 11.9. The lowest BCUT2D eigenvalue weighted by Gasteiger charge is -2.29. The molecular weight excluding hydrogens is 456 g/mol. The van der Waals surface area contributed by atoms with E-state index in [0.717, 1.165) is 39.6 Å². The van der Waals surface area contributed by atoms with E-state index in [4.69, 9.17) is 4.74 Å². The Morgan fingerprint density at radius 1 is 1.10 bits per heavy atom. The van der Waals surface area contributed by atoms with Crippen molar-refractivity contribution >= 4 is 27.7 Å². The Morgan fingerprint density at radius 3 is 2.35 bits per heavy atom. The van der Waals surface area contributed by atoms with Crippen molar-refractivity contribution in [3.63, 3.8) is 0 Å². The molecule has 0 bridgehead atoms. The van der Waals surface area contributed by atoms with Crippen molar-refractivity contribution in [2.75, 3.05) is 13.2 Å². The number of hydrogen-bond acceptors (Lipinski definition) is 3. The van der Waals surface area contributed by atoms with E-state index in [-0.39, 0.29) is 18.4 Å². The van der Waals surface area contributed by atoms with Gasteiger partial charge in [-0.25, -0.2) is 0 Å². The molecule has 2 rings (SSSR count). The first-order valence-electron chi connectivity index (χ1n) is 10.8. The molecule has 0 saturated carbocycles. The maximum Gasteiger partial charge on any atom is 0.261 e. The summed E-state index contributed by atoms with van der Waals surface area (Å²) in [6.45, 7) is 10.7. The van der Waals surface area contributed by atoms with Gasteiger partial charge in [0.25, 0.3) is 5.91 Å². The van der Waals surface area contributed by atoms with E-state index in [1.807, 2.05) is 57.2 Å². The minimum Gasteiger partial charge on any atom is -0.484 e. The lowest BCUT2D eigenvalue weighted by molar-refractivity contribution is -0.142. The van der Waals surface area contributed by atoms with E-state index in [0.29, 0.717) is 18.8 Å². The van der Waals surface area contributed by atoms with Crippen molar-refractivity contribution < 1.29 is 14.3 Å². The standard InChI is InChI=1S/C25H33BrN2O3/c1-6-7-12-27-25(30)20(5)28(15-21-11-9-8-10-17(21)2)23(29)16-31-22-13-18(3)24(26)19(4)14-22/h8-11,13-14,20H,6-7,12,15-16H2,1-5H3,(H,27,30). The average Bonchev–Trinajstić information content (AvgIpc) is 2.74. The van der Waals surface area contributed by atoms with Crippen LogP contribution in [-0.4, -0.2) is 35.9 Å². The minimum absolute atomic E-state index is 0.126. The number of halogens is 1. The molecule has 0 saturated heterocycles. The van der Waals surface area contributed by atoms with Crippen molar-refractivity contribution in [2.45, 2.75) is 60.0 Å². The molecule has 2 aromatic rings. The molecule has 1 unspecified atom stereocenters. The second-order valence-corrected chi connectivity index (χ2v) is 8.72. The first-order valence-corrected chi connectivity index (χ1v) is 11.5. The number of nitrogens with zero attached hydrogens (tertiary/aromatic N) is 1. The topological polar surface area (TPSA) is 58.6 Å². The van der Waals surface area contributed by atoms with Crippen LogP contribution in [0, 0.1) is 20.8 Å². The molecule has 5 nitrogen and oxygen atoms in total. The van der Waals surface area contributed by atoms with Crippen LogP contribution in [0.3, 0.4) is 0 Å². The van der Waals surface area contributed by atoms with Crippen molar-refractivity contribution in [3.05, 3.63) is 63.1 Å². The van der Waals surface area contributed by atoms with Gasteiger partial charge in [-0.1, -0.05) is 53.5 Å². The van der Waals surface area contributed by atoms with Crippen molar-refractivity contribution in [1.82, 2.24) is 10.2 Å². The number of ether oxygens (including phenoxy) is 1. The number of hydrogen-bond donors (Lipinski definition) is 1. The Labute approximate surface area is 194 Å². The van der Waals surface area contributed by atoms with Crippen LogP contribution in [-0.2, 0) is 16.1 Å². The molecule has 0 aliphatic carbocycles. The first kappa shape index (κ1) is 24.9. The Morgan fingerprint density at radius 2 is 1.74 bits per heavy atom. The zero-order chi connectivity index (χ0) is 23.0. The highest BCUT2D eigenvalue weighted by Crippen LogP contribution is 2.26. The molecule has 0 fully saturated rings. The Balaban J connectivity index is 2.17. The predicted molar refractivity (Wildman–Crippen MR) is 128 cm³/mol. The number of carbonyl (C=O) groups is 2. The molecule has 31 heavy (non-hydrogen) atoms. The van der Waals surface area contributed by atoms with Crippen LogP contribution in [0.15, 0.2) is 40.9 Å². The number of benzene rings is 2. The fourth-order valence-corrected chi connectivity index (χ4v) is 3.54. The van der Waals surface area contributed by atoms with Gasteiger partial charge in [-0.2, -0.15) is 0 Å². The molecule has 2 amide bonds. The first-order chi connectivity index (χ1) is 14.7. The van der Waals surface area contributed by atoms with E-state index in [9.17, 15) is 9.59 Å². The van der Waals surface area contributed by atoms with Crippen LogP contribution < -0.4 is 10.1 Å². The van der Waals surface area contributed by atoms with E-state index in [2.05, 4.69) is 28.2 Å². The monoisotopic (exact) mass is 488 g/mol. The molecule has 1 atom stereocenters. The number of aryl methyl sites for hydroxylation is 3. The quantitative estimate of drug-likeness (QED) is 0.474. The van der Waals surface area contributed by atoms with Crippen LogP contribution in [0.2, 0.25) is 0 Å². The maximum absolute atomic E-state index is 13.2. The lowest BCUT2D eigenvalue weighted by atomic mass is 10.1. The lowest BCUT2D eigenvalue weighted by Crippen LogP contribution is -2.49. The van der Waals surface area contributed by atoms with E-state index >= 15 is 0 Å². The zero-order valence-electron chi connectivity index (χ0n) is 19.1. The fraction of sp³-hybridized carbons (Fsp3) is 0.440. The van der Waals surface area contributed by atoms with E-state index < -0.39 is 6.04 Å². The van der Waals surface area contributed by atoms with Crippen molar-refractivity contribution in [2.24, 2.45) is 0 Å². The predicted octanol–water partition coefficient (Wildman–Crippen LogP) is 5.09. The Hall–Kier alpha value is -2.34. The molecule has 168 valence electrons. The summed E-state index contributed by atoms with van der Waals surface area (Å²) in [6.07, 6.45) is 1.91. The Kier molecular flexibility index (Phi) is 9.56. The molecule has 2 aromatic carbocycles. The maximum atomic E-state index is 13.2. The summed E-state index contributed by atoms with van der Waals surface area (Å²) in [7, 11) is 0. The molecule has 0 radical (unpaired) electrons. The van der Waals surface area contributed by atoms with Gasteiger partial charge in [-0.15, -0.1) is 0 Å². The van der Waals surface area contributed by atoms with Crippen LogP contribution in [0.4, 0.5) is 0 Å². The third-order valence-electron chi connectivity index (χ3n) is 5.37. The molecular formula is C25H33BrN2O3. The Bertz CT molecular complexity index is 890. The molecule has 0 aliphatic rings. The fourth-order valence-electron chi connectivity index (χ4n) is 3.31. The van der Waals surface area contributed by atoms with Gasteiger partial charge in [-0.3, -0.25) is 9.59 Å². The second-order valence-electron chi connectivity index (χ2n) is 7.93. The van der Waals surface area contributed by atoms with E-state index in [1.54, 1.807) is 11.8 Å². The third kappa shape index (κ3) is 7.10. The zero-order valence-corrected chi connectivity index (χ0v) is 20.7. The molecule has 0 heterocycles. The molecule has 6 heteroatoms. The van der Waals surface area contributed by atoms with Crippen LogP contribution in [0.5, 0.6) is 5.75 Å². The highest BCUT2D eigenvalue weighted by atomic mass is 79.9. The highest BCUT2D eigenvalue weighted by molar-refractivity contribution is 9.10. The summed E-state index contributed by atoms with van der Waals surface area (Å²) in [5, 5.41) is 2.94. The number of amides is 2. The SMILES string of the molecule is CCCCNC(=O)C(C)N(Cc1ccccc1C)C(=O)COc1cc(C)c(Br)c(C)c1. The summed E-state index contributed by atoms with van der Waals surface area (Å²) < 4.78 is 6.85. The molecule has 0 aromatic heterocycles. The van der Waals surface area contributed by atoms with Gasteiger partial charge in [0.15, 0.2) is 6.61 Å². The largest absolute Gasteiger partial charge is 0.484 e. The summed E-state index contributed by atoms with van der Waals surface area (Å²) in [5.41, 5.74) is 4.18. The number of nitrogens with one attached hydrogen (secondary N) is 1. The van der Waals surface area contributed by atoms with Gasteiger partial charge in [0, 0.05) is 17.6 Å². The van der Waals surface area contributed by atoms with E-state index in [1.165, 1.54) is 0 Å². The van der Waals surface area contributed by atoms with Crippen LogP contribution in [0.1, 0.15) is 48.9 Å². The summed E-state index contributed by atoms with van der Waals surface area (Å²) in [4.78, 5) is 27.4. The third-order valence-corrected chi connectivity index (χ3v) is 6.62. The smallest absolute Gasteiger partial charge is 0.261 e. The summed E-state index contributed by atoms with van der Waals surface area (Å²) in [5.74, 6) is 0.271. The van der Waals surface area contributed by atoms with Gasteiger partial charge in [-0.05, 0) is 68.5 Å². The minimum atomic E-state index is -0.596. The van der Waals surface area contributed by atoms with Crippen molar-refractivity contribution in [1.29, 1.82) is 0 Å². The summed E-state index contributed by atoms with van der Waals surface area (Å²) in [6, 6.07) is 11.1. The molecule has 0 spiro atoms. The van der Waals surface area contributed by atoms with Gasteiger partial charge < -0.3 is 15.0 Å². The van der Waals surface area contributed by atoms with Gasteiger partial charge in [0.1, 0.15) is 11.8 Å². The normalized spacial score (nSPS) is 11.7. The van der Waals surface area contributed by atoms with Gasteiger partial charge >= 0.3 is 0 Å². The number of rotatable bonds is 10. The highest BCUT2D eigenvalue weighted by Gasteiger charge is 2.26. The van der Waals surface area contributed by atoms with Crippen LogP contribution in [0.25, 0.3) is 0 Å². The van der Waals surface area contributed by atoms with Gasteiger partial charge in [0.2, 0.25) is 5.91 Å². The van der Waals surface area contributed by atoms with Crippen LogP contribution >= 0.6 is 15.9 Å². The number of carbonyl (C=O) groups excluding carboxylic acids is 2. The molecule has 0 aliphatic heterocycles. The molecule has 1 N–H and O–H groups in total. The van der Waals surface area contributed by atoms with Gasteiger partial charge in [0.05, 0.1) is 0 Å². The summed E-state index contributed by atoms with van der Waals surface area (Å²) >= 11 is 3.55. The average molecular weight is 489 g/mol. The van der Waals surface area contributed by atoms with Crippen molar-refractivity contribution in [3.8, 4) is 5.75 Å².